The van der Waals surface area contributed by atoms with Crippen LogP contribution in [0.2, 0.25) is 0 Å². The standard InChI is InChI=1S/C19H24O3/c1-11-6-7-15-14(8-11)18-16(21-13(3)20)9-12(2)10-17(18)22-19(15,4)5/h9-11H,6-8H2,1-5H3/t11-/m0/s1. The molecule has 0 N–H and O–H groups in total. The summed E-state index contributed by atoms with van der Waals surface area (Å²) in [6.07, 6.45) is 3.26. The lowest BCUT2D eigenvalue weighted by atomic mass is 9.74. The molecule has 1 aliphatic heterocycles. The van der Waals surface area contributed by atoms with E-state index in [1.807, 2.05) is 19.1 Å². The average Bonchev–Trinajstić information content (AvgIpc) is 2.35. The van der Waals surface area contributed by atoms with Gasteiger partial charge in [-0.05, 0) is 74.8 Å². The minimum atomic E-state index is -0.288. The quantitative estimate of drug-likeness (QED) is 0.558. The third-order valence-electron chi connectivity index (χ3n) is 4.66. The van der Waals surface area contributed by atoms with E-state index in [1.54, 1.807) is 0 Å². The molecule has 2 aliphatic rings. The Labute approximate surface area is 132 Å². The van der Waals surface area contributed by atoms with Crippen LogP contribution in [0.5, 0.6) is 11.5 Å². The monoisotopic (exact) mass is 300 g/mol. The van der Waals surface area contributed by atoms with Crippen molar-refractivity contribution in [2.75, 3.05) is 0 Å². The van der Waals surface area contributed by atoms with Crippen molar-refractivity contribution >= 4 is 11.5 Å². The molecule has 0 saturated carbocycles. The Morgan fingerprint density at radius 2 is 2.09 bits per heavy atom. The highest BCUT2D eigenvalue weighted by atomic mass is 16.5. The van der Waals surface area contributed by atoms with Crippen LogP contribution in [0.1, 0.15) is 58.1 Å². The molecule has 1 heterocycles. The van der Waals surface area contributed by atoms with Crippen LogP contribution < -0.4 is 9.47 Å². The van der Waals surface area contributed by atoms with Gasteiger partial charge >= 0.3 is 5.97 Å². The van der Waals surface area contributed by atoms with Gasteiger partial charge in [0.1, 0.15) is 17.1 Å². The third kappa shape index (κ3) is 2.53. The zero-order valence-corrected chi connectivity index (χ0v) is 14.1. The summed E-state index contributed by atoms with van der Waals surface area (Å²) in [7, 11) is 0. The zero-order valence-electron chi connectivity index (χ0n) is 14.1. The van der Waals surface area contributed by atoms with Crippen LogP contribution in [-0.4, -0.2) is 11.6 Å². The van der Waals surface area contributed by atoms with Crippen LogP contribution in [-0.2, 0) is 4.79 Å². The maximum atomic E-state index is 11.5. The number of benzene rings is 1. The highest BCUT2D eigenvalue weighted by Crippen LogP contribution is 2.51. The third-order valence-corrected chi connectivity index (χ3v) is 4.66. The first-order valence-corrected chi connectivity index (χ1v) is 8.03. The minimum Gasteiger partial charge on any atom is -0.483 e. The molecule has 1 aromatic rings. The Hall–Kier alpha value is -1.77. The van der Waals surface area contributed by atoms with Crippen molar-refractivity contribution in [1.82, 2.24) is 0 Å². The van der Waals surface area contributed by atoms with Crippen LogP contribution >= 0.6 is 0 Å². The minimum absolute atomic E-state index is 0.288. The molecule has 0 unspecified atom stereocenters. The molecule has 0 saturated heterocycles. The molecule has 1 aromatic carbocycles. The smallest absolute Gasteiger partial charge is 0.308 e. The molecule has 0 amide bonds. The van der Waals surface area contributed by atoms with Crippen LogP contribution in [0.15, 0.2) is 17.7 Å². The van der Waals surface area contributed by atoms with E-state index >= 15 is 0 Å². The van der Waals surface area contributed by atoms with E-state index in [9.17, 15) is 4.79 Å². The summed E-state index contributed by atoms with van der Waals surface area (Å²) in [5.74, 6) is 1.84. The van der Waals surface area contributed by atoms with Crippen molar-refractivity contribution in [2.45, 2.75) is 59.5 Å². The van der Waals surface area contributed by atoms with Crippen LogP contribution in [0.4, 0.5) is 0 Å². The fraction of sp³-hybridized carbons (Fsp3) is 0.526. The van der Waals surface area contributed by atoms with Crippen LogP contribution in [0, 0.1) is 12.8 Å². The topological polar surface area (TPSA) is 35.5 Å². The molecule has 0 fully saturated rings. The number of aryl methyl sites for hydroxylation is 1. The van der Waals surface area contributed by atoms with Gasteiger partial charge < -0.3 is 9.47 Å². The summed E-state index contributed by atoms with van der Waals surface area (Å²) in [6.45, 7) is 9.99. The summed E-state index contributed by atoms with van der Waals surface area (Å²) in [6, 6.07) is 3.99. The molecule has 3 heteroatoms. The molecule has 0 aromatic heterocycles. The molecule has 3 nitrogen and oxygen atoms in total. The molecular formula is C19H24O3. The lowest BCUT2D eigenvalue weighted by Crippen LogP contribution is -2.36. The van der Waals surface area contributed by atoms with E-state index < -0.39 is 0 Å². The van der Waals surface area contributed by atoms with E-state index in [1.165, 1.54) is 24.5 Å². The van der Waals surface area contributed by atoms with Gasteiger partial charge in [0.25, 0.3) is 0 Å². The Balaban J connectivity index is 2.23. The van der Waals surface area contributed by atoms with Crippen molar-refractivity contribution in [3.05, 3.63) is 28.8 Å². The molecule has 118 valence electrons. The van der Waals surface area contributed by atoms with E-state index in [4.69, 9.17) is 9.47 Å². The largest absolute Gasteiger partial charge is 0.483 e. The van der Waals surface area contributed by atoms with Crippen molar-refractivity contribution in [1.29, 1.82) is 0 Å². The van der Waals surface area contributed by atoms with Gasteiger partial charge in [0.05, 0.1) is 5.56 Å². The van der Waals surface area contributed by atoms with Crippen molar-refractivity contribution < 1.29 is 14.3 Å². The number of esters is 1. The van der Waals surface area contributed by atoms with Gasteiger partial charge in [-0.15, -0.1) is 0 Å². The van der Waals surface area contributed by atoms with Crippen LogP contribution in [0.25, 0.3) is 5.57 Å². The average molecular weight is 300 g/mol. The van der Waals surface area contributed by atoms with Gasteiger partial charge in [0.2, 0.25) is 0 Å². The number of hydrogen-bond donors (Lipinski definition) is 0. The van der Waals surface area contributed by atoms with E-state index in [0.29, 0.717) is 11.7 Å². The molecule has 0 radical (unpaired) electrons. The van der Waals surface area contributed by atoms with Crippen molar-refractivity contribution in [3.63, 3.8) is 0 Å². The molecule has 0 bridgehead atoms. The predicted molar refractivity (Wildman–Crippen MR) is 87.1 cm³/mol. The molecular weight excluding hydrogens is 276 g/mol. The highest BCUT2D eigenvalue weighted by Gasteiger charge is 2.38. The first-order valence-electron chi connectivity index (χ1n) is 8.03. The second-order valence-electron chi connectivity index (χ2n) is 7.15. The van der Waals surface area contributed by atoms with E-state index in [-0.39, 0.29) is 11.6 Å². The summed E-state index contributed by atoms with van der Waals surface area (Å²) < 4.78 is 11.8. The fourth-order valence-corrected chi connectivity index (χ4v) is 3.70. The van der Waals surface area contributed by atoms with E-state index in [0.717, 1.165) is 29.7 Å². The highest BCUT2D eigenvalue weighted by molar-refractivity contribution is 5.83. The normalized spacial score (nSPS) is 22.5. The summed E-state index contributed by atoms with van der Waals surface area (Å²) in [4.78, 5) is 11.5. The molecule has 0 spiro atoms. The summed E-state index contributed by atoms with van der Waals surface area (Å²) >= 11 is 0. The van der Waals surface area contributed by atoms with Crippen LogP contribution in [0.3, 0.4) is 0 Å². The molecule has 3 rings (SSSR count). The number of ether oxygens (including phenoxy) is 2. The Morgan fingerprint density at radius 3 is 2.77 bits per heavy atom. The predicted octanol–water partition coefficient (Wildman–Crippen LogP) is 4.66. The number of fused-ring (bicyclic) bond motifs is 2. The second kappa shape index (κ2) is 5.15. The lowest BCUT2D eigenvalue weighted by molar-refractivity contribution is -0.131. The van der Waals surface area contributed by atoms with Crippen molar-refractivity contribution in [2.24, 2.45) is 5.92 Å². The Bertz CT molecular complexity index is 668. The summed E-state index contributed by atoms with van der Waals surface area (Å²) in [5, 5.41) is 0. The number of rotatable bonds is 1. The molecule has 1 aliphatic carbocycles. The number of allylic oxidation sites excluding steroid dienone is 1. The van der Waals surface area contributed by atoms with Crippen molar-refractivity contribution in [3.8, 4) is 11.5 Å². The van der Waals surface area contributed by atoms with Gasteiger partial charge in [-0.1, -0.05) is 6.92 Å². The molecule has 1 atom stereocenters. The van der Waals surface area contributed by atoms with Gasteiger partial charge in [-0.25, -0.2) is 0 Å². The second-order valence-corrected chi connectivity index (χ2v) is 7.15. The van der Waals surface area contributed by atoms with Gasteiger partial charge in [-0.3, -0.25) is 4.79 Å². The number of carbonyl (C=O) groups is 1. The lowest BCUT2D eigenvalue weighted by Gasteiger charge is -2.41. The van der Waals surface area contributed by atoms with Gasteiger partial charge in [-0.2, -0.15) is 0 Å². The number of hydrogen-bond acceptors (Lipinski definition) is 3. The first-order chi connectivity index (χ1) is 10.3. The first kappa shape index (κ1) is 15.1. The fourth-order valence-electron chi connectivity index (χ4n) is 3.70. The SMILES string of the molecule is CC(=O)Oc1cc(C)cc2c1C1=C(CC[C@H](C)C1)C(C)(C)O2. The molecule has 22 heavy (non-hydrogen) atoms. The number of carbonyl (C=O) groups excluding carboxylic acids is 1. The zero-order chi connectivity index (χ0) is 16.1. The summed E-state index contributed by atoms with van der Waals surface area (Å²) in [5.41, 5.74) is 4.42. The Morgan fingerprint density at radius 1 is 1.36 bits per heavy atom. The van der Waals surface area contributed by atoms with Gasteiger partial charge in [0.15, 0.2) is 0 Å². The Kier molecular flexibility index (Phi) is 3.54. The maximum Gasteiger partial charge on any atom is 0.308 e. The van der Waals surface area contributed by atoms with Gasteiger partial charge in [0, 0.05) is 6.92 Å². The van der Waals surface area contributed by atoms with E-state index in [2.05, 4.69) is 20.8 Å². The maximum absolute atomic E-state index is 11.5.